The van der Waals surface area contributed by atoms with Crippen LogP contribution < -0.4 is 5.32 Å². The van der Waals surface area contributed by atoms with E-state index >= 15 is 0 Å². The third-order valence-electron chi connectivity index (χ3n) is 3.06. The Balaban J connectivity index is 2.30. The fourth-order valence-electron chi connectivity index (χ4n) is 2.00. The fourth-order valence-corrected chi connectivity index (χ4v) is 4.04. The Bertz CT molecular complexity index is 683. The normalized spacial score (nSPS) is 21.8. The summed E-state index contributed by atoms with van der Waals surface area (Å²) in [5.74, 6) is 0. The van der Waals surface area contributed by atoms with Gasteiger partial charge in [-0.3, -0.25) is 0 Å². The maximum Gasteiger partial charge on any atom is 0.244 e. The van der Waals surface area contributed by atoms with Crippen LogP contribution in [0.3, 0.4) is 0 Å². The van der Waals surface area contributed by atoms with Gasteiger partial charge in [-0.1, -0.05) is 0 Å². The Kier molecular flexibility index (Phi) is 4.14. The smallest absolute Gasteiger partial charge is 0.244 e. The minimum Gasteiger partial charge on any atom is -0.312 e. The molecule has 2 heterocycles. The van der Waals surface area contributed by atoms with Crippen molar-refractivity contribution in [1.29, 1.82) is 0 Å². The minimum absolute atomic E-state index is 0.0130. The summed E-state index contributed by atoms with van der Waals surface area (Å²) in [6.45, 7) is 3.28. The number of aromatic nitrogens is 1. The Hall–Kier alpha value is -1.03. The molecule has 0 bridgehead atoms. The van der Waals surface area contributed by atoms with Crippen molar-refractivity contribution < 1.29 is 16.8 Å². The predicted molar refractivity (Wildman–Crippen MR) is 73.6 cm³/mol. The largest absolute Gasteiger partial charge is 0.312 e. The van der Waals surface area contributed by atoms with Crippen molar-refractivity contribution in [3.63, 3.8) is 0 Å². The van der Waals surface area contributed by atoms with Crippen molar-refractivity contribution in [2.24, 2.45) is 0 Å². The number of nitrogens with zero attached hydrogens (tertiary/aromatic N) is 2. The average molecular weight is 319 g/mol. The number of rotatable bonds is 3. The highest BCUT2D eigenvalue weighted by molar-refractivity contribution is 7.90. The molecule has 9 heteroatoms. The molecule has 0 aromatic carbocycles. The van der Waals surface area contributed by atoms with Crippen LogP contribution in [-0.2, 0) is 19.9 Å². The van der Waals surface area contributed by atoms with Gasteiger partial charge in [0.1, 0.15) is 4.90 Å². The number of hydrogen-bond donors (Lipinski definition) is 1. The van der Waals surface area contributed by atoms with Crippen molar-refractivity contribution in [3.05, 3.63) is 18.3 Å². The summed E-state index contributed by atoms with van der Waals surface area (Å²) in [5, 5.41) is 3.03. The summed E-state index contributed by atoms with van der Waals surface area (Å²) >= 11 is 0. The molecule has 1 aromatic rings. The van der Waals surface area contributed by atoms with Crippen LogP contribution in [0.4, 0.5) is 0 Å². The van der Waals surface area contributed by atoms with Gasteiger partial charge in [0.2, 0.25) is 10.0 Å². The van der Waals surface area contributed by atoms with E-state index in [2.05, 4.69) is 10.3 Å². The molecule has 112 valence electrons. The van der Waals surface area contributed by atoms with Crippen molar-refractivity contribution >= 4 is 19.9 Å². The van der Waals surface area contributed by atoms with Crippen LogP contribution >= 0.6 is 0 Å². The van der Waals surface area contributed by atoms with Crippen molar-refractivity contribution in [2.75, 3.05) is 25.9 Å². The number of hydrogen-bond acceptors (Lipinski definition) is 6. The van der Waals surface area contributed by atoms with Crippen LogP contribution in [0.5, 0.6) is 0 Å². The maximum absolute atomic E-state index is 12.4. The van der Waals surface area contributed by atoms with Crippen LogP contribution in [0.2, 0.25) is 0 Å². The molecule has 0 radical (unpaired) electrons. The van der Waals surface area contributed by atoms with Crippen LogP contribution in [0.25, 0.3) is 0 Å². The third-order valence-corrected chi connectivity index (χ3v) is 5.91. The number of nitrogens with one attached hydrogen (secondary N) is 1. The Morgan fingerprint density at radius 1 is 1.30 bits per heavy atom. The molecular formula is C11H17N3O4S2. The molecule has 2 rings (SSSR count). The SMILES string of the molecule is C[C@@H]1CN(S(=O)(=O)c2ccc(S(C)(=O)=O)nc2)CCN1. The van der Waals surface area contributed by atoms with Gasteiger partial charge in [0.25, 0.3) is 0 Å². The van der Waals surface area contributed by atoms with Gasteiger partial charge in [-0.05, 0) is 19.1 Å². The molecule has 0 saturated carbocycles. The highest BCUT2D eigenvalue weighted by Gasteiger charge is 2.28. The highest BCUT2D eigenvalue weighted by atomic mass is 32.2. The van der Waals surface area contributed by atoms with Crippen molar-refractivity contribution in [3.8, 4) is 0 Å². The Morgan fingerprint density at radius 2 is 2.00 bits per heavy atom. The molecular weight excluding hydrogens is 302 g/mol. The average Bonchev–Trinajstić information content (AvgIpc) is 2.38. The molecule has 1 aliphatic heterocycles. The molecule has 1 N–H and O–H groups in total. The summed E-state index contributed by atoms with van der Waals surface area (Å²) in [5.41, 5.74) is 0. The zero-order chi connectivity index (χ0) is 15.0. The van der Waals surface area contributed by atoms with Crippen LogP contribution in [-0.4, -0.2) is 58.1 Å². The van der Waals surface area contributed by atoms with Crippen LogP contribution in [0.1, 0.15) is 6.92 Å². The molecule has 0 unspecified atom stereocenters. The van der Waals surface area contributed by atoms with Gasteiger partial charge in [0.15, 0.2) is 14.9 Å². The third kappa shape index (κ3) is 3.17. The van der Waals surface area contributed by atoms with E-state index in [1.807, 2.05) is 6.92 Å². The Morgan fingerprint density at radius 3 is 2.50 bits per heavy atom. The second kappa shape index (κ2) is 5.40. The second-order valence-corrected chi connectivity index (χ2v) is 8.72. The quantitative estimate of drug-likeness (QED) is 0.804. The first-order chi connectivity index (χ1) is 9.21. The number of sulfone groups is 1. The summed E-state index contributed by atoms with van der Waals surface area (Å²) in [7, 11) is -7.05. The molecule has 20 heavy (non-hydrogen) atoms. The van der Waals surface area contributed by atoms with E-state index in [-0.39, 0.29) is 16.0 Å². The van der Waals surface area contributed by atoms with E-state index in [1.54, 1.807) is 0 Å². The topological polar surface area (TPSA) is 96.4 Å². The van der Waals surface area contributed by atoms with E-state index in [0.29, 0.717) is 19.6 Å². The monoisotopic (exact) mass is 319 g/mol. The fraction of sp³-hybridized carbons (Fsp3) is 0.545. The molecule has 1 atom stereocenters. The molecule has 1 fully saturated rings. The summed E-state index contributed by atoms with van der Waals surface area (Å²) in [6.07, 6.45) is 2.12. The van der Waals surface area contributed by atoms with Gasteiger partial charge in [-0.15, -0.1) is 0 Å². The van der Waals surface area contributed by atoms with Crippen molar-refractivity contribution in [2.45, 2.75) is 22.9 Å². The first-order valence-corrected chi connectivity index (χ1v) is 9.44. The molecule has 1 saturated heterocycles. The van der Waals surface area contributed by atoms with Crippen molar-refractivity contribution in [1.82, 2.24) is 14.6 Å². The second-order valence-electron chi connectivity index (χ2n) is 4.82. The van der Waals surface area contributed by atoms with Gasteiger partial charge in [-0.25, -0.2) is 21.8 Å². The minimum atomic E-state index is -3.62. The molecule has 0 aliphatic carbocycles. The van der Waals surface area contributed by atoms with Crippen LogP contribution in [0.15, 0.2) is 28.3 Å². The zero-order valence-electron chi connectivity index (χ0n) is 11.3. The zero-order valence-corrected chi connectivity index (χ0v) is 12.9. The number of pyridine rings is 1. The summed E-state index contributed by atoms with van der Waals surface area (Å²) < 4.78 is 48.8. The number of piperazine rings is 1. The first kappa shape index (κ1) is 15.4. The van der Waals surface area contributed by atoms with Gasteiger partial charge in [-0.2, -0.15) is 4.31 Å². The van der Waals surface area contributed by atoms with E-state index in [4.69, 9.17) is 0 Å². The lowest BCUT2D eigenvalue weighted by atomic mass is 10.3. The summed E-state index contributed by atoms with van der Waals surface area (Å²) in [4.78, 5) is 3.73. The molecule has 0 spiro atoms. The molecule has 1 aliphatic rings. The highest BCUT2D eigenvalue weighted by Crippen LogP contribution is 2.17. The molecule has 7 nitrogen and oxygen atoms in total. The lowest BCUT2D eigenvalue weighted by Crippen LogP contribution is -2.51. The van der Waals surface area contributed by atoms with E-state index in [9.17, 15) is 16.8 Å². The van der Waals surface area contributed by atoms with E-state index in [0.717, 1.165) is 12.5 Å². The van der Waals surface area contributed by atoms with E-state index < -0.39 is 19.9 Å². The van der Waals surface area contributed by atoms with Gasteiger partial charge in [0.05, 0.1) is 0 Å². The van der Waals surface area contributed by atoms with Gasteiger partial charge >= 0.3 is 0 Å². The van der Waals surface area contributed by atoms with Gasteiger partial charge < -0.3 is 5.32 Å². The molecule has 0 amide bonds. The standard InChI is InChI=1S/C11H17N3O4S2/c1-9-8-14(6-5-12-9)20(17,18)10-3-4-11(13-7-10)19(2,15)16/h3-4,7,9,12H,5-6,8H2,1-2H3/t9-/m1/s1. The lowest BCUT2D eigenvalue weighted by Gasteiger charge is -2.30. The van der Waals surface area contributed by atoms with Gasteiger partial charge in [0, 0.05) is 38.1 Å². The maximum atomic E-state index is 12.4. The first-order valence-electron chi connectivity index (χ1n) is 6.11. The lowest BCUT2D eigenvalue weighted by molar-refractivity contribution is 0.310. The summed E-state index contributed by atoms with van der Waals surface area (Å²) in [6, 6.07) is 2.58. The van der Waals surface area contributed by atoms with E-state index in [1.165, 1.54) is 16.4 Å². The Labute approximate surface area is 119 Å². The predicted octanol–water partition coefficient (Wildman–Crippen LogP) is -0.532. The van der Waals surface area contributed by atoms with Crippen LogP contribution in [0, 0.1) is 0 Å². The number of sulfonamides is 1. The molecule has 1 aromatic heterocycles.